The Balaban J connectivity index is 1.46. The Hall–Kier alpha value is -3.18. The molecule has 0 atom stereocenters. The third kappa shape index (κ3) is 3.62. The molecule has 0 saturated carbocycles. The van der Waals surface area contributed by atoms with E-state index in [0.29, 0.717) is 29.2 Å². The van der Waals surface area contributed by atoms with Gasteiger partial charge in [-0.15, -0.1) is 0 Å². The molecule has 4 rings (SSSR count). The predicted molar refractivity (Wildman–Crippen MR) is 109 cm³/mol. The lowest BCUT2D eigenvalue weighted by molar-refractivity contribution is 0.0949. The van der Waals surface area contributed by atoms with Gasteiger partial charge in [-0.1, -0.05) is 35.9 Å². The van der Waals surface area contributed by atoms with Gasteiger partial charge in [0.15, 0.2) is 0 Å². The van der Waals surface area contributed by atoms with Crippen molar-refractivity contribution in [3.63, 3.8) is 0 Å². The van der Waals surface area contributed by atoms with Crippen LogP contribution in [0.5, 0.6) is 0 Å². The first kappa shape index (κ1) is 18.2. The van der Waals surface area contributed by atoms with Crippen LogP contribution >= 0.6 is 11.6 Å². The summed E-state index contributed by atoms with van der Waals surface area (Å²) in [5, 5.41) is 3.33. The van der Waals surface area contributed by atoms with Gasteiger partial charge >= 0.3 is 0 Å². The molecule has 0 unspecified atom stereocenters. The van der Waals surface area contributed by atoms with Crippen LogP contribution in [0.1, 0.15) is 31.8 Å². The van der Waals surface area contributed by atoms with Crippen molar-refractivity contribution in [1.29, 1.82) is 0 Å². The summed E-state index contributed by atoms with van der Waals surface area (Å²) in [5.41, 5.74) is 4.09. The molecule has 1 N–H and O–H groups in total. The fourth-order valence-electron chi connectivity index (χ4n) is 3.35. The van der Waals surface area contributed by atoms with Crippen LogP contribution in [0.4, 0.5) is 5.69 Å². The smallest absolute Gasteiger partial charge is 0.258 e. The second-order valence-electron chi connectivity index (χ2n) is 6.57. The lowest BCUT2D eigenvalue weighted by Gasteiger charge is -2.17. The Labute approximate surface area is 168 Å². The largest absolute Gasteiger partial charge is 0.348 e. The number of carbonyl (C=O) groups is 2. The van der Waals surface area contributed by atoms with Crippen LogP contribution in [0, 0.1) is 0 Å². The highest BCUT2D eigenvalue weighted by Gasteiger charge is 2.25. The van der Waals surface area contributed by atoms with E-state index in [1.165, 1.54) is 0 Å². The van der Waals surface area contributed by atoms with Gasteiger partial charge in [0.25, 0.3) is 11.8 Å². The van der Waals surface area contributed by atoms with Gasteiger partial charge in [-0.2, -0.15) is 0 Å². The number of carbonyl (C=O) groups excluding carboxylic acids is 2. The molecule has 0 radical (unpaired) electrons. The molecule has 2 amide bonds. The average Bonchev–Trinajstić information content (AvgIpc) is 3.15. The molecule has 1 aromatic heterocycles. The van der Waals surface area contributed by atoms with Gasteiger partial charge in [0.05, 0.1) is 10.6 Å². The molecular weight excluding hydrogens is 374 g/mol. The highest BCUT2D eigenvalue weighted by molar-refractivity contribution is 6.33. The van der Waals surface area contributed by atoms with Crippen LogP contribution in [0.25, 0.3) is 0 Å². The maximum atomic E-state index is 12.7. The zero-order valence-corrected chi connectivity index (χ0v) is 15.8. The Morgan fingerprint density at radius 3 is 2.64 bits per heavy atom. The minimum atomic E-state index is -0.208. The predicted octanol–water partition coefficient (Wildman–Crippen LogP) is 3.87. The average molecular weight is 392 g/mol. The molecule has 6 heteroatoms. The number of nitrogens with one attached hydrogen (secondary N) is 1. The summed E-state index contributed by atoms with van der Waals surface area (Å²) in [6.07, 6.45) is 4.03. The molecule has 140 valence electrons. The second kappa shape index (κ2) is 7.82. The van der Waals surface area contributed by atoms with Gasteiger partial charge in [-0.3, -0.25) is 14.6 Å². The minimum Gasteiger partial charge on any atom is -0.348 e. The van der Waals surface area contributed by atoms with Crippen molar-refractivity contribution in [2.75, 3.05) is 11.4 Å². The van der Waals surface area contributed by atoms with E-state index in [9.17, 15) is 9.59 Å². The third-order valence-corrected chi connectivity index (χ3v) is 5.11. The van der Waals surface area contributed by atoms with E-state index >= 15 is 0 Å². The highest BCUT2D eigenvalue weighted by Crippen LogP contribution is 2.30. The Kier molecular flexibility index (Phi) is 5.08. The summed E-state index contributed by atoms with van der Waals surface area (Å²) in [5.74, 6) is -0.235. The van der Waals surface area contributed by atoms with Crippen molar-refractivity contribution in [2.45, 2.75) is 13.0 Å². The molecule has 0 spiro atoms. The number of anilines is 1. The van der Waals surface area contributed by atoms with Crippen LogP contribution in [-0.4, -0.2) is 23.3 Å². The van der Waals surface area contributed by atoms with Crippen molar-refractivity contribution in [3.05, 3.63) is 94.3 Å². The van der Waals surface area contributed by atoms with Crippen LogP contribution in [0.3, 0.4) is 0 Å². The first-order chi connectivity index (χ1) is 13.6. The van der Waals surface area contributed by atoms with Gasteiger partial charge in [0.1, 0.15) is 0 Å². The zero-order chi connectivity index (χ0) is 19.5. The molecule has 0 aliphatic carbocycles. The SMILES string of the molecule is O=C(NCc1ccc2c(c1)CCN2C(=O)c1ccncc1)c1ccccc1Cl. The summed E-state index contributed by atoms with van der Waals surface area (Å²) >= 11 is 6.07. The van der Waals surface area contributed by atoms with Gasteiger partial charge < -0.3 is 10.2 Å². The summed E-state index contributed by atoms with van der Waals surface area (Å²) in [6.45, 7) is 1.04. The molecular formula is C22H18ClN3O2. The van der Waals surface area contributed by atoms with Crippen LogP contribution in [-0.2, 0) is 13.0 Å². The molecule has 1 aliphatic heterocycles. The molecule has 1 aliphatic rings. The fourth-order valence-corrected chi connectivity index (χ4v) is 3.57. The van der Waals surface area contributed by atoms with E-state index in [1.54, 1.807) is 53.7 Å². The number of hydrogen-bond acceptors (Lipinski definition) is 3. The summed E-state index contributed by atoms with van der Waals surface area (Å²) in [4.78, 5) is 30.8. The number of pyridine rings is 1. The molecule has 2 heterocycles. The third-order valence-electron chi connectivity index (χ3n) is 4.78. The van der Waals surface area contributed by atoms with E-state index < -0.39 is 0 Å². The molecule has 0 bridgehead atoms. The Bertz CT molecular complexity index is 1040. The van der Waals surface area contributed by atoms with E-state index in [4.69, 9.17) is 11.6 Å². The lowest BCUT2D eigenvalue weighted by atomic mass is 10.1. The van der Waals surface area contributed by atoms with Crippen molar-refractivity contribution in [2.24, 2.45) is 0 Å². The Morgan fingerprint density at radius 2 is 1.86 bits per heavy atom. The summed E-state index contributed by atoms with van der Waals surface area (Å²) in [7, 11) is 0. The molecule has 3 aromatic rings. The maximum Gasteiger partial charge on any atom is 0.258 e. The van der Waals surface area contributed by atoms with Crippen LogP contribution < -0.4 is 10.2 Å². The van der Waals surface area contributed by atoms with Crippen LogP contribution in [0.2, 0.25) is 5.02 Å². The highest BCUT2D eigenvalue weighted by atomic mass is 35.5. The topological polar surface area (TPSA) is 62.3 Å². The first-order valence-electron chi connectivity index (χ1n) is 9.00. The lowest BCUT2D eigenvalue weighted by Crippen LogP contribution is -2.28. The number of halogens is 1. The van der Waals surface area contributed by atoms with E-state index in [1.807, 2.05) is 18.2 Å². The number of benzene rings is 2. The minimum absolute atomic E-state index is 0.0269. The first-order valence-corrected chi connectivity index (χ1v) is 9.38. The number of hydrogen-bond donors (Lipinski definition) is 1. The Morgan fingerprint density at radius 1 is 1.07 bits per heavy atom. The van der Waals surface area contributed by atoms with Gasteiger partial charge in [0.2, 0.25) is 0 Å². The number of fused-ring (bicyclic) bond motifs is 1. The van der Waals surface area contributed by atoms with Crippen LogP contribution in [0.15, 0.2) is 67.0 Å². The van der Waals surface area contributed by atoms with Crippen molar-refractivity contribution in [3.8, 4) is 0 Å². The second-order valence-corrected chi connectivity index (χ2v) is 6.98. The summed E-state index contributed by atoms with van der Waals surface area (Å²) in [6, 6.07) is 16.3. The standard InChI is InChI=1S/C22H18ClN3O2/c23-19-4-2-1-3-18(19)21(27)25-14-15-5-6-20-17(13-15)9-12-26(20)22(28)16-7-10-24-11-8-16/h1-8,10-11,13H,9,12,14H2,(H,25,27). The van der Waals surface area contributed by atoms with Gasteiger partial charge in [-0.05, 0) is 47.9 Å². The molecule has 28 heavy (non-hydrogen) atoms. The van der Waals surface area contributed by atoms with Crippen molar-refractivity contribution < 1.29 is 9.59 Å². The van der Waals surface area contributed by atoms with Gasteiger partial charge in [0, 0.05) is 36.7 Å². The molecule has 0 fully saturated rings. The molecule has 5 nitrogen and oxygen atoms in total. The van der Waals surface area contributed by atoms with Gasteiger partial charge in [-0.25, -0.2) is 0 Å². The number of rotatable bonds is 4. The number of amides is 2. The quantitative estimate of drug-likeness (QED) is 0.734. The number of nitrogens with zero attached hydrogens (tertiary/aromatic N) is 2. The van der Waals surface area contributed by atoms with E-state index in [0.717, 1.165) is 23.2 Å². The fraction of sp³-hybridized carbons (Fsp3) is 0.136. The summed E-state index contributed by atoms with van der Waals surface area (Å²) < 4.78 is 0. The maximum absolute atomic E-state index is 12.7. The van der Waals surface area contributed by atoms with E-state index in [-0.39, 0.29) is 11.8 Å². The molecule has 0 saturated heterocycles. The van der Waals surface area contributed by atoms with Crippen molar-refractivity contribution in [1.82, 2.24) is 10.3 Å². The molecule has 2 aromatic carbocycles. The zero-order valence-electron chi connectivity index (χ0n) is 15.1. The monoisotopic (exact) mass is 391 g/mol. The normalized spacial score (nSPS) is 12.5. The van der Waals surface area contributed by atoms with E-state index in [2.05, 4.69) is 10.3 Å². The number of aromatic nitrogens is 1. The van der Waals surface area contributed by atoms with Crippen molar-refractivity contribution >= 4 is 29.1 Å².